The quantitative estimate of drug-likeness (QED) is 0.437. The molecule has 0 atom stereocenters. The fourth-order valence-electron chi connectivity index (χ4n) is 0.797. The van der Waals surface area contributed by atoms with Crippen LogP contribution in [0.1, 0.15) is 0 Å². The molecule has 0 saturated carbocycles. The van der Waals surface area contributed by atoms with E-state index < -0.39 is 0 Å². The number of halogens is 4. The third kappa shape index (κ3) is 2.73. The number of rotatable bonds is 1. The molecule has 0 radical (unpaired) electrons. The minimum Gasteiger partial charge on any atom is -0.376 e. The van der Waals surface area contributed by atoms with Crippen molar-refractivity contribution in [2.24, 2.45) is 5.73 Å². The highest BCUT2D eigenvalue weighted by atomic mass is 79.9. The zero-order valence-corrected chi connectivity index (χ0v) is 12.1. The van der Waals surface area contributed by atoms with Gasteiger partial charge in [-0.15, -0.1) is 0 Å². The second kappa shape index (κ2) is 4.99. The largest absolute Gasteiger partial charge is 0.376 e. The molecular weight excluding hydrogens is 375 g/mol. The van der Waals surface area contributed by atoms with E-state index in [2.05, 4.69) is 37.2 Å². The fourth-order valence-corrected chi connectivity index (χ4v) is 2.35. The van der Waals surface area contributed by atoms with Gasteiger partial charge in [-0.25, -0.2) is 0 Å². The summed E-state index contributed by atoms with van der Waals surface area (Å²) in [5, 5.41) is 3.86. The summed E-state index contributed by atoms with van der Waals surface area (Å²) in [5.41, 5.74) is 5.97. The third-order valence-electron chi connectivity index (χ3n) is 1.36. The molecule has 76 valence electrons. The van der Waals surface area contributed by atoms with E-state index in [0.29, 0.717) is 24.7 Å². The highest BCUT2D eigenvalue weighted by Crippen LogP contribution is 2.40. The van der Waals surface area contributed by atoms with Crippen LogP contribution < -0.4 is 11.1 Å². The first-order valence-corrected chi connectivity index (χ1v) is 6.08. The van der Waals surface area contributed by atoms with Crippen LogP contribution in [-0.2, 0) is 0 Å². The minimum atomic E-state index is 0.153. The molecule has 2 nitrogen and oxygen atoms in total. The molecule has 0 spiro atoms. The van der Waals surface area contributed by atoms with Crippen molar-refractivity contribution >= 4 is 78.1 Å². The maximum atomic E-state index is 5.97. The van der Waals surface area contributed by atoms with E-state index in [0.717, 1.165) is 0 Å². The molecule has 0 unspecified atom stereocenters. The van der Waals surface area contributed by atoms with Crippen molar-refractivity contribution in [3.8, 4) is 0 Å². The number of anilines is 1. The molecular formula is C7H4Br2Cl2N2S. The summed E-state index contributed by atoms with van der Waals surface area (Å²) in [6, 6.07) is 1.67. The molecule has 7 heteroatoms. The summed E-state index contributed by atoms with van der Waals surface area (Å²) in [7, 11) is 0. The topological polar surface area (TPSA) is 38.0 Å². The average Bonchev–Trinajstić information content (AvgIpc) is 2.10. The number of benzene rings is 1. The van der Waals surface area contributed by atoms with Crippen LogP contribution in [-0.4, -0.2) is 5.11 Å². The van der Waals surface area contributed by atoms with Crippen molar-refractivity contribution in [2.45, 2.75) is 0 Å². The van der Waals surface area contributed by atoms with Crippen LogP contribution >= 0.6 is 67.3 Å². The Morgan fingerprint density at radius 3 is 2.43 bits per heavy atom. The molecule has 14 heavy (non-hydrogen) atoms. The van der Waals surface area contributed by atoms with Crippen LogP contribution in [0, 0.1) is 0 Å². The Labute approximate surface area is 113 Å². The zero-order valence-electron chi connectivity index (χ0n) is 6.57. The van der Waals surface area contributed by atoms with Gasteiger partial charge < -0.3 is 11.1 Å². The number of nitrogens with two attached hydrogens (primary N) is 1. The highest BCUT2D eigenvalue weighted by Gasteiger charge is 2.12. The lowest BCUT2D eigenvalue weighted by Crippen LogP contribution is -2.19. The summed E-state index contributed by atoms with van der Waals surface area (Å²) >= 11 is 23.1. The van der Waals surface area contributed by atoms with Crippen molar-refractivity contribution in [3.63, 3.8) is 0 Å². The van der Waals surface area contributed by atoms with Crippen molar-refractivity contribution in [1.29, 1.82) is 0 Å². The molecule has 0 bridgehead atoms. The van der Waals surface area contributed by atoms with E-state index in [-0.39, 0.29) is 5.11 Å². The Bertz CT molecular complexity index is 398. The lowest BCUT2D eigenvalue weighted by Gasteiger charge is -2.10. The average molecular weight is 379 g/mol. The van der Waals surface area contributed by atoms with Crippen molar-refractivity contribution < 1.29 is 0 Å². The standard InChI is InChI=1S/C7H4Br2Cl2N2S/c8-4-2(10)1-3(13-7(12)14)5(9)6(4)11/h1H,(H3,12,13,14). The van der Waals surface area contributed by atoms with Gasteiger partial charge in [-0.3, -0.25) is 0 Å². The van der Waals surface area contributed by atoms with Crippen LogP contribution in [0.3, 0.4) is 0 Å². The second-order valence-electron chi connectivity index (χ2n) is 2.34. The first-order valence-electron chi connectivity index (χ1n) is 3.33. The molecule has 1 aromatic rings. The molecule has 3 N–H and O–H groups in total. The van der Waals surface area contributed by atoms with Crippen molar-refractivity contribution in [3.05, 3.63) is 25.1 Å². The molecule has 0 heterocycles. The predicted octanol–water partition coefficient (Wildman–Crippen LogP) is 4.17. The Hall–Kier alpha value is 0.450. The summed E-state index contributed by atoms with van der Waals surface area (Å²) in [6.45, 7) is 0. The molecule has 0 aliphatic rings. The van der Waals surface area contributed by atoms with Crippen LogP contribution in [0.2, 0.25) is 10.0 Å². The van der Waals surface area contributed by atoms with Gasteiger partial charge in [-0.05, 0) is 50.1 Å². The monoisotopic (exact) mass is 376 g/mol. The fraction of sp³-hybridized carbons (Fsp3) is 0. The number of thiocarbonyl (C=S) groups is 1. The number of hydrogen-bond donors (Lipinski definition) is 2. The molecule has 0 saturated heterocycles. The SMILES string of the molecule is NC(=S)Nc1cc(Cl)c(Br)c(Cl)c1Br. The van der Waals surface area contributed by atoms with Crippen LogP contribution in [0.25, 0.3) is 0 Å². The summed E-state index contributed by atoms with van der Waals surface area (Å²) in [4.78, 5) is 0. The minimum absolute atomic E-state index is 0.153. The highest BCUT2D eigenvalue weighted by molar-refractivity contribution is 9.11. The van der Waals surface area contributed by atoms with Gasteiger partial charge in [-0.2, -0.15) is 0 Å². The van der Waals surface area contributed by atoms with E-state index in [1.165, 1.54) is 0 Å². The molecule has 1 rings (SSSR count). The van der Waals surface area contributed by atoms with E-state index >= 15 is 0 Å². The number of hydrogen-bond acceptors (Lipinski definition) is 1. The van der Waals surface area contributed by atoms with E-state index in [4.69, 9.17) is 41.2 Å². The second-order valence-corrected chi connectivity index (χ2v) is 5.15. The van der Waals surface area contributed by atoms with Crippen LogP contribution in [0.4, 0.5) is 5.69 Å². The molecule has 0 aliphatic heterocycles. The zero-order chi connectivity index (χ0) is 10.9. The maximum absolute atomic E-state index is 5.97. The normalized spacial score (nSPS) is 10.0. The van der Waals surface area contributed by atoms with Gasteiger partial charge in [0.05, 0.1) is 24.7 Å². The van der Waals surface area contributed by atoms with Gasteiger partial charge in [0, 0.05) is 0 Å². The molecule has 0 amide bonds. The first-order chi connectivity index (χ1) is 6.43. The van der Waals surface area contributed by atoms with Gasteiger partial charge in [0.25, 0.3) is 0 Å². The Balaban J connectivity index is 3.25. The Morgan fingerprint density at radius 2 is 1.93 bits per heavy atom. The van der Waals surface area contributed by atoms with Gasteiger partial charge in [0.15, 0.2) is 5.11 Å². The Morgan fingerprint density at radius 1 is 1.36 bits per heavy atom. The molecule has 0 fully saturated rings. The van der Waals surface area contributed by atoms with Crippen molar-refractivity contribution in [2.75, 3.05) is 5.32 Å². The lowest BCUT2D eigenvalue weighted by atomic mass is 10.3. The molecule has 1 aromatic carbocycles. The summed E-state index contributed by atoms with van der Waals surface area (Å²) < 4.78 is 1.28. The lowest BCUT2D eigenvalue weighted by molar-refractivity contribution is 1.54. The summed E-state index contributed by atoms with van der Waals surface area (Å²) in [5.74, 6) is 0. The van der Waals surface area contributed by atoms with Gasteiger partial charge in [-0.1, -0.05) is 23.2 Å². The predicted molar refractivity (Wildman–Crippen MR) is 72.3 cm³/mol. The van der Waals surface area contributed by atoms with Crippen LogP contribution in [0.15, 0.2) is 15.0 Å². The van der Waals surface area contributed by atoms with Gasteiger partial charge in [0.1, 0.15) is 0 Å². The van der Waals surface area contributed by atoms with Crippen LogP contribution in [0.5, 0.6) is 0 Å². The third-order valence-corrected chi connectivity index (χ3v) is 4.47. The van der Waals surface area contributed by atoms with E-state index in [9.17, 15) is 0 Å². The Kier molecular flexibility index (Phi) is 4.46. The molecule has 0 aromatic heterocycles. The molecule has 0 aliphatic carbocycles. The summed E-state index contributed by atoms with van der Waals surface area (Å²) in [6.07, 6.45) is 0. The van der Waals surface area contributed by atoms with Crippen molar-refractivity contribution in [1.82, 2.24) is 0 Å². The van der Waals surface area contributed by atoms with Gasteiger partial charge >= 0.3 is 0 Å². The van der Waals surface area contributed by atoms with E-state index in [1.807, 2.05) is 0 Å². The first kappa shape index (κ1) is 12.5. The maximum Gasteiger partial charge on any atom is 0.168 e. The number of nitrogens with one attached hydrogen (secondary N) is 1. The van der Waals surface area contributed by atoms with E-state index in [1.54, 1.807) is 6.07 Å². The van der Waals surface area contributed by atoms with Gasteiger partial charge in [0.2, 0.25) is 0 Å². The smallest absolute Gasteiger partial charge is 0.168 e.